The number of benzene rings is 1. The molecule has 2 aliphatic rings. The van der Waals surface area contributed by atoms with Gasteiger partial charge in [-0.2, -0.15) is 5.10 Å². The van der Waals surface area contributed by atoms with Crippen LogP contribution in [0, 0.1) is 5.92 Å². The molecule has 7 nitrogen and oxygen atoms in total. The molecule has 142 valence electrons. The quantitative estimate of drug-likeness (QED) is 0.845. The highest BCUT2D eigenvalue weighted by Crippen LogP contribution is 2.26. The Hall–Kier alpha value is -2.67. The van der Waals surface area contributed by atoms with Gasteiger partial charge in [0.1, 0.15) is 0 Å². The summed E-state index contributed by atoms with van der Waals surface area (Å²) < 4.78 is 5.39. The van der Waals surface area contributed by atoms with Crippen LogP contribution >= 0.6 is 0 Å². The van der Waals surface area contributed by atoms with E-state index in [1.807, 2.05) is 30.3 Å². The maximum Gasteiger partial charge on any atom is 0.227 e. The van der Waals surface area contributed by atoms with E-state index in [9.17, 15) is 4.79 Å². The molecule has 0 spiro atoms. The SMILES string of the molecule is O=C(Nc1ccc(Nc2cc(N3CCOCC3)cnn2)cc1)C1CCCC1. The van der Waals surface area contributed by atoms with Crippen LogP contribution in [-0.2, 0) is 9.53 Å². The molecule has 0 unspecified atom stereocenters. The first-order chi connectivity index (χ1) is 13.3. The van der Waals surface area contributed by atoms with Crippen molar-refractivity contribution in [2.75, 3.05) is 41.8 Å². The van der Waals surface area contributed by atoms with E-state index in [1.165, 1.54) is 0 Å². The van der Waals surface area contributed by atoms with Gasteiger partial charge in [0, 0.05) is 36.4 Å². The van der Waals surface area contributed by atoms with E-state index < -0.39 is 0 Å². The number of ether oxygens (including phenoxy) is 1. The number of nitrogens with one attached hydrogen (secondary N) is 2. The van der Waals surface area contributed by atoms with Crippen molar-refractivity contribution in [3.63, 3.8) is 0 Å². The second-order valence-electron chi connectivity index (χ2n) is 7.07. The smallest absolute Gasteiger partial charge is 0.227 e. The molecule has 2 N–H and O–H groups in total. The molecule has 4 rings (SSSR count). The van der Waals surface area contributed by atoms with Crippen molar-refractivity contribution in [2.24, 2.45) is 5.92 Å². The highest BCUT2D eigenvalue weighted by Gasteiger charge is 2.22. The van der Waals surface area contributed by atoms with Crippen molar-refractivity contribution in [3.8, 4) is 0 Å². The van der Waals surface area contributed by atoms with Gasteiger partial charge in [0.25, 0.3) is 0 Å². The third-order valence-electron chi connectivity index (χ3n) is 5.17. The van der Waals surface area contributed by atoms with Crippen molar-refractivity contribution in [1.82, 2.24) is 10.2 Å². The fraction of sp³-hybridized carbons (Fsp3) is 0.450. The van der Waals surface area contributed by atoms with Crippen molar-refractivity contribution >= 4 is 28.8 Å². The summed E-state index contributed by atoms with van der Waals surface area (Å²) in [5, 5.41) is 14.6. The van der Waals surface area contributed by atoms with Crippen LogP contribution in [0.5, 0.6) is 0 Å². The predicted molar refractivity (Wildman–Crippen MR) is 105 cm³/mol. The summed E-state index contributed by atoms with van der Waals surface area (Å²) in [6.07, 6.45) is 6.10. The summed E-state index contributed by atoms with van der Waals surface area (Å²) in [7, 11) is 0. The molecule has 1 aromatic carbocycles. The summed E-state index contributed by atoms with van der Waals surface area (Å²) in [4.78, 5) is 14.5. The average molecular weight is 367 g/mol. The van der Waals surface area contributed by atoms with Crippen molar-refractivity contribution in [2.45, 2.75) is 25.7 Å². The first kappa shape index (κ1) is 17.7. The van der Waals surface area contributed by atoms with Gasteiger partial charge in [-0.05, 0) is 37.1 Å². The molecule has 1 aliphatic heterocycles. The zero-order chi connectivity index (χ0) is 18.5. The topological polar surface area (TPSA) is 79.4 Å². The van der Waals surface area contributed by atoms with Gasteiger partial charge >= 0.3 is 0 Å². The largest absolute Gasteiger partial charge is 0.378 e. The number of carbonyl (C=O) groups excluding carboxylic acids is 1. The van der Waals surface area contributed by atoms with E-state index in [2.05, 4.69) is 25.7 Å². The Kier molecular flexibility index (Phi) is 5.48. The number of carbonyl (C=O) groups is 1. The normalized spacial score (nSPS) is 17.7. The second kappa shape index (κ2) is 8.35. The Labute approximate surface area is 159 Å². The van der Waals surface area contributed by atoms with Gasteiger partial charge in [-0.3, -0.25) is 4.79 Å². The summed E-state index contributed by atoms with van der Waals surface area (Å²) in [5.74, 6) is 1.00. The van der Waals surface area contributed by atoms with Gasteiger partial charge in [-0.1, -0.05) is 12.8 Å². The number of nitrogens with zero attached hydrogens (tertiary/aromatic N) is 3. The number of amides is 1. The van der Waals surface area contributed by atoms with E-state index >= 15 is 0 Å². The molecule has 0 bridgehead atoms. The first-order valence-corrected chi connectivity index (χ1v) is 9.61. The summed E-state index contributed by atoms with van der Waals surface area (Å²) >= 11 is 0. The highest BCUT2D eigenvalue weighted by molar-refractivity contribution is 5.92. The Morgan fingerprint density at radius 3 is 2.52 bits per heavy atom. The number of hydrogen-bond donors (Lipinski definition) is 2. The Morgan fingerprint density at radius 1 is 1.07 bits per heavy atom. The minimum atomic E-state index is 0.136. The van der Waals surface area contributed by atoms with Gasteiger partial charge in [0.2, 0.25) is 5.91 Å². The van der Waals surface area contributed by atoms with Crippen LogP contribution in [0.2, 0.25) is 0 Å². The fourth-order valence-corrected chi connectivity index (χ4v) is 3.63. The lowest BCUT2D eigenvalue weighted by Crippen LogP contribution is -2.36. The van der Waals surface area contributed by atoms with Gasteiger partial charge in [0.15, 0.2) is 5.82 Å². The van der Waals surface area contributed by atoms with E-state index in [4.69, 9.17) is 4.74 Å². The molecule has 2 aromatic rings. The van der Waals surface area contributed by atoms with Crippen molar-refractivity contribution in [3.05, 3.63) is 36.5 Å². The number of morpholine rings is 1. The lowest BCUT2D eigenvalue weighted by Gasteiger charge is -2.28. The van der Waals surface area contributed by atoms with Crippen LogP contribution in [0.15, 0.2) is 36.5 Å². The van der Waals surface area contributed by atoms with Gasteiger partial charge in [0.05, 0.1) is 25.1 Å². The fourth-order valence-electron chi connectivity index (χ4n) is 3.63. The molecular formula is C20H25N5O2. The molecule has 2 heterocycles. The van der Waals surface area contributed by atoms with Crippen LogP contribution in [0.1, 0.15) is 25.7 Å². The standard InChI is InChI=1S/C20H25N5O2/c26-20(15-3-1-2-4-15)23-17-7-5-16(6-8-17)22-19-13-18(14-21-24-19)25-9-11-27-12-10-25/h5-8,13-15H,1-4,9-12H2,(H,22,24)(H,23,26). The molecular weight excluding hydrogens is 342 g/mol. The molecule has 27 heavy (non-hydrogen) atoms. The molecule has 1 saturated carbocycles. The van der Waals surface area contributed by atoms with E-state index in [0.717, 1.165) is 69.0 Å². The molecule has 0 radical (unpaired) electrons. The summed E-state index contributed by atoms with van der Waals surface area (Å²) in [5.41, 5.74) is 2.77. The zero-order valence-corrected chi connectivity index (χ0v) is 15.4. The third-order valence-corrected chi connectivity index (χ3v) is 5.17. The molecule has 1 amide bonds. The van der Waals surface area contributed by atoms with Crippen LogP contribution < -0.4 is 15.5 Å². The van der Waals surface area contributed by atoms with E-state index in [-0.39, 0.29) is 11.8 Å². The van der Waals surface area contributed by atoms with E-state index in [1.54, 1.807) is 6.20 Å². The first-order valence-electron chi connectivity index (χ1n) is 9.61. The number of rotatable bonds is 5. The Morgan fingerprint density at radius 2 is 1.78 bits per heavy atom. The van der Waals surface area contributed by atoms with Gasteiger partial charge in [-0.15, -0.1) is 5.10 Å². The van der Waals surface area contributed by atoms with Crippen LogP contribution in [0.3, 0.4) is 0 Å². The Balaban J connectivity index is 1.37. The minimum Gasteiger partial charge on any atom is -0.378 e. The van der Waals surface area contributed by atoms with Crippen LogP contribution in [0.4, 0.5) is 22.9 Å². The van der Waals surface area contributed by atoms with Crippen LogP contribution in [-0.4, -0.2) is 42.4 Å². The highest BCUT2D eigenvalue weighted by atomic mass is 16.5. The molecule has 1 aromatic heterocycles. The molecule has 0 atom stereocenters. The summed E-state index contributed by atoms with van der Waals surface area (Å²) in [6, 6.07) is 9.69. The zero-order valence-electron chi connectivity index (χ0n) is 15.4. The van der Waals surface area contributed by atoms with Crippen molar-refractivity contribution in [1.29, 1.82) is 0 Å². The van der Waals surface area contributed by atoms with Crippen molar-refractivity contribution < 1.29 is 9.53 Å². The average Bonchev–Trinajstić information content (AvgIpc) is 3.25. The number of aromatic nitrogens is 2. The third kappa shape index (κ3) is 4.54. The maximum absolute atomic E-state index is 12.2. The van der Waals surface area contributed by atoms with E-state index in [0.29, 0.717) is 5.82 Å². The lowest BCUT2D eigenvalue weighted by atomic mass is 10.1. The maximum atomic E-state index is 12.2. The Bertz CT molecular complexity index is 768. The molecule has 2 fully saturated rings. The lowest BCUT2D eigenvalue weighted by molar-refractivity contribution is -0.119. The minimum absolute atomic E-state index is 0.136. The predicted octanol–water partition coefficient (Wildman–Crippen LogP) is 3.19. The molecule has 1 aliphatic carbocycles. The second-order valence-corrected chi connectivity index (χ2v) is 7.07. The molecule has 7 heteroatoms. The number of hydrogen-bond acceptors (Lipinski definition) is 6. The number of anilines is 4. The van der Waals surface area contributed by atoms with Crippen LogP contribution in [0.25, 0.3) is 0 Å². The molecule has 1 saturated heterocycles. The van der Waals surface area contributed by atoms with Gasteiger partial charge in [-0.25, -0.2) is 0 Å². The monoisotopic (exact) mass is 367 g/mol. The summed E-state index contributed by atoms with van der Waals surface area (Å²) in [6.45, 7) is 3.19. The van der Waals surface area contributed by atoms with Gasteiger partial charge < -0.3 is 20.3 Å².